The number of aryl methyl sites for hydroxylation is 1. The van der Waals surface area contributed by atoms with Gasteiger partial charge in [-0.15, -0.1) is 0 Å². The van der Waals surface area contributed by atoms with Gasteiger partial charge in [0.2, 0.25) is 5.95 Å². The molecule has 0 saturated carbocycles. The van der Waals surface area contributed by atoms with Gasteiger partial charge in [-0.25, -0.2) is 0 Å². The lowest BCUT2D eigenvalue weighted by Gasteiger charge is -1.99. The van der Waals surface area contributed by atoms with Crippen LogP contribution < -0.4 is 11.3 Å². The molecular weight excluding hydrogens is 170 g/mol. The molecular formula is C7H9N5O. The Labute approximate surface area is 73.6 Å². The number of aromatic nitrogens is 4. The molecule has 0 atom stereocenters. The second-order valence-corrected chi connectivity index (χ2v) is 2.87. The van der Waals surface area contributed by atoms with Crippen molar-refractivity contribution in [3.63, 3.8) is 0 Å². The third-order valence-corrected chi connectivity index (χ3v) is 1.91. The number of nitrogens with two attached hydrogens (primary N) is 1. The first kappa shape index (κ1) is 7.78. The van der Waals surface area contributed by atoms with Crippen LogP contribution in [0.15, 0.2) is 11.0 Å². The first-order valence-electron chi connectivity index (χ1n) is 3.75. The molecule has 68 valence electrons. The van der Waals surface area contributed by atoms with Crippen LogP contribution in [0.2, 0.25) is 0 Å². The number of fused-ring (bicyclic) bond motifs is 1. The fourth-order valence-electron chi connectivity index (χ4n) is 1.18. The topological polar surface area (TPSA) is 78.7 Å². The lowest BCUT2D eigenvalue weighted by atomic mass is 10.4. The summed E-state index contributed by atoms with van der Waals surface area (Å²) in [5.41, 5.74) is 5.72. The van der Waals surface area contributed by atoms with Crippen LogP contribution in [0.3, 0.4) is 0 Å². The van der Waals surface area contributed by atoms with E-state index >= 15 is 0 Å². The zero-order valence-corrected chi connectivity index (χ0v) is 7.35. The Hall–Kier alpha value is -1.85. The predicted octanol–water partition coefficient (Wildman–Crippen LogP) is -0.751. The van der Waals surface area contributed by atoms with Crippen molar-refractivity contribution in [2.75, 3.05) is 5.73 Å². The van der Waals surface area contributed by atoms with Gasteiger partial charge in [-0.05, 0) is 0 Å². The van der Waals surface area contributed by atoms with Crippen LogP contribution in [0.25, 0.3) is 11.0 Å². The largest absolute Gasteiger partial charge is 0.369 e. The maximum Gasteiger partial charge on any atom is 0.265 e. The Morgan fingerprint density at radius 3 is 2.85 bits per heavy atom. The van der Waals surface area contributed by atoms with Gasteiger partial charge in [-0.1, -0.05) is 0 Å². The maximum atomic E-state index is 11.6. The van der Waals surface area contributed by atoms with Crippen molar-refractivity contribution in [2.24, 2.45) is 14.1 Å². The van der Waals surface area contributed by atoms with Crippen LogP contribution >= 0.6 is 0 Å². The van der Waals surface area contributed by atoms with Crippen LogP contribution in [0.4, 0.5) is 5.95 Å². The van der Waals surface area contributed by atoms with Gasteiger partial charge >= 0.3 is 0 Å². The summed E-state index contributed by atoms with van der Waals surface area (Å²) in [6.45, 7) is 0. The maximum absolute atomic E-state index is 11.6. The third kappa shape index (κ3) is 0.986. The van der Waals surface area contributed by atoms with E-state index < -0.39 is 0 Å². The first-order valence-corrected chi connectivity index (χ1v) is 3.75. The lowest BCUT2D eigenvalue weighted by molar-refractivity contribution is 0.775. The molecule has 0 aliphatic carbocycles. The summed E-state index contributed by atoms with van der Waals surface area (Å²) >= 11 is 0. The summed E-state index contributed by atoms with van der Waals surface area (Å²) in [7, 11) is 3.31. The van der Waals surface area contributed by atoms with Crippen molar-refractivity contribution in [1.82, 2.24) is 19.3 Å². The van der Waals surface area contributed by atoms with Crippen LogP contribution in [-0.4, -0.2) is 19.3 Å². The normalized spacial score (nSPS) is 10.9. The monoisotopic (exact) mass is 179 g/mol. The fraction of sp³-hybridized carbons (Fsp3) is 0.286. The molecule has 2 rings (SSSR count). The zero-order chi connectivity index (χ0) is 9.59. The van der Waals surface area contributed by atoms with Crippen molar-refractivity contribution in [3.8, 4) is 0 Å². The van der Waals surface area contributed by atoms with Gasteiger partial charge in [0.15, 0.2) is 5.65 Å². The molecule has 6 heteroatoms. The number of rotatable bonds is 0. The average Bonchev–Trinajstić information content (AvgIpc) is 2.42. The number of nitrogen functional groups attached to an aromatic ring is 1. The van der Waals surface area contributed by atoms with Gasteiger partial charge < -0.3 is 5.73 Å². The van der Waals surface area contributed by atoms with Gasteiger partial charge in [0.1, 0.15) is 5.39 Å². The van der Waals surface area contributed by atoms with Crippen molar-refractivity contribution in [2.45, 2.75) is 0 Å². The minimum absolute atomic E-state index is 0.171. The summed E-state index contributed by atoms with van der Waals surface area (Å²) in [5, 5.41) is 4.47. The van der Waals surface area contributed by atoms with Crippen molar-refractivity contribution < 1.29 is 0 Å². The number of hydrogen-bond donors (Lipinski definition) is 1. The summed E-state index contributed by atoms with van der Waals surface area (Å²) in [4.78, 5) is 15.5. The molecule has 0 amide bonds. The van der Waals surface area contributed by atoms with E-state index in [0.717, 1.165) is 0 Å². The summed E-state index contributed by atoms with van der Waals surface area (Å²) < 4.78 is 2.84. The molecule has 0 aromatic carbocycles. The van der Waals surface area contributed by atoms with Crippen LogP contribution in [0.5, 0.6) is 0 Å². The van der Waals surface area contributed by atoms with E-state index in [1.807, 2.05) is 0 Å². The molecule has 0 unspecified atom stereocenters. The van der Waals surface area contributed by atoms with Crippen molar-refractivity contribution in [3.05, 3.63) is 16.6 Å². The van der Waals surface area contributed by atoms with Gasteiger partial charge in [0, 0.05) is 20.3 Å². The average molecular weight is 179 g/mol. The highest BCUT2D eigenvalue weighted by Gasteiger charge is 2.07. The SMILES string of the molecule is Cn1cc2c(=O)n(C)c(N)nc2n1. The Morgan fingerprint density at radius 1 is 1.46 bits per heavy atom. The molecule has 0 aliphatic rings. The van der Waals surface area contributed by atoms with E-state index in [-0.39, 0.29) is 11.5 Å². The van der Waals surface area contributed by atoms with E-state index in [0.29, 0.717) is 11.0 Å². The Balaban J connectivity index is 3.01. The molecule has 0 aliphatic heterocycles. The third-order valence-electron chi connectivity index (χ3n) is 1.91. The van der Waals surface area contributed by atoms with Crippen molar-refractivity contribution in [1.29, 1.82) is 0 Å². The van der Waals surface area contributed by atoms with E-state index in [1.54, 1.807) is 25.0 Å². The minimum Gasteiger partial charge on any atom is -0.369 e. The quantitative estimate of drug-likeness (QED) is 0.577. The molecule has 0 radical (unpaired) electrons. The smallest absolute Gasteiger partial charge is 0.265 e. The van der Waals surface area contributed by atoms with Crippen LogP contribution in [-0.2, 0) is 14.1 Å². The van der Waals surface area contributed by atoms with E-state index in [2.05, 4.69) is 10.1 Å². The second-order valence-electron chi connectivity index (χ2n) is 2.87. The van der Waals surface area contributed by atoms with Crippen LogP contribution in [0.1, 0.15) is 0 Å². The van der Waals surface area contributed by atoms with Crippen LogP contribution in [0, 0.1) is 0 Å². The second kappa shape index (κ2) is 2.32. The number of hydrogen-bond acceptors (Lipinski definition) is 4. The number of nitrogens with zero attached hydrogens (tertiary/aromatic N) is 4. The molecule has 13 heavy (non-hydrogen) atoms. The van der Waals surface area contributed by atoms with E-state index in [9.17, 15) is 4.79 Å². The van der Waals surface area contributed by atoms with Gasteiger partial charge in [-0.2, -0.15) is 10.1 Å². The lowest BCUT2D eigenvalue weighted by Crippen LogP contribution is -2.20. The Kier molecular flexibility index (Phi) is 1.39. The molecule has 0 fully saturated rings. The molecule has 2 heterocycles. The van der Waals surface area contributed by atoms with E-state index in [1.165, 1.54) is 4.57 Å². The standard InChI is InChI=1S/C7H9N5O/c1-11-3-4-5(10-11)9-7(8)12(2)6(4)13/h3H,1-2H3,(H2,8,9,10). The summed E-state index contributed by atoms with van der Waals surface area (Å²) in [6, 6.07) is 0. The summed E-state index contributed by atoms with van der Waals surface area (Å²) in [6.07, 6.45) is 1.63. The fourth-order valence-corrected chi connectivity index (χ4v) is 1.18. The summed E-state index contributed by atoms with van der Waals surface area (Å²) in [5.74, 6) is 0.177. The molecule has 0 saturated heterocycles. The highest BCUT2D eigenvalue weighted by Crippen LogP contribution is 2.04. The molecule has 6 nitrogen and oxygen atoms in total. The van der Waals surface area contributed by atoms with Gasteiger partial charge in [0.05, 0.1) is 0 Å². The van der Waals surface area contributed by atoms with E-state index in [4.69, 9.17) is 5.73 Å². The first-order chi connectivity index (χ1) is 6.09. The predicted molar refractivity (Wildman–Crippen MR) is 48.2 cm³/mol. The number of anilines is 1. The highest BCUT2D eigenvalue weighted by molar-refractivity contribution is 5.73. The van der Waals surface area contributed by atoms with Gasteiger partial charge in [-0.3, -0.25) is 14.0 Å². The molecule has 0 bridgehead atoms. The van der Waals surface area contributed by atoms with Crippen molar-refractivity contribution >= 4 is 17.0 Å². The zero-order valence-electron chi connectivity index (χ0n) is 7.35. The Morgan fingerprint density at radius 2 is 2.15 bits per heavy atom. The molecule has 2 N–H and O–H groups in total. The van der Waals surface area contributed by atoms with Gasteiger partial charge in [0.25, 0.3) is 5.56 Å². The minimum atomic E-state index is -0.171. The molecule has 2 aromatic heterocycles. The highest BCUT2D eigenvalue weighted by atomic mass is 16.1. The molecule has 2 aromatic rings. The molecule has 0 spiro atoms. The Bertz CT molecular complexity index is 523.